The van der Waals surface area contributed by atoms with Gasteiger partial charge in [0, 0.05) is 48.2 Å². The molecule has 2 aliphatic heterocycles. The summed E-state index contributed by atoms with van der Waals surface area (Å²) >= 11 is 1.53. The van der Waals surface area contributed by atoms with Crippen molar-refractivity contribution in [2.24, 2.45) is 5.73 Å². The van der Waals surface area contributed by atoms with Crippen molar-refractivity contribution < 1.29 is 9.59 Å². The average molecular weight is 473 g/mol. The van der Waals surface area contributed by atoms with Gasteiger partial charge in [-0.25, -0.2) is 9.97 Å². The second-order valence-corrected chi connectivity index (χ2v) is 9.72. The lowest BCUT2D eigenvalue weighted by molar-refractivity contribution is -0.113. The molecule has 1 amide bonds. The number of aromatic nitrogens is 3. The summed E-state index contributed by atoms with van der Waals surface area (Å²) in [6, 6.07) is 10.0. The SMILES string of the molecule is NC(=O)/C(=C(\C=O)c1nc(N2CCN3CCC[C@@H]3C2)nc2ccccc12)c1c[nH]c2sccc12. The van der Waals surface area contributed by atoms with Crippen molar-refractivity contribution in [3.63, 3.8) is 0 Å². The molecule has 2 aliphatic rings. The molecule has 34 heavy (non-hydrogen) atoms. The normalized spacial score (nSPS) is 19.4. The minimum absolute atomic E-state index is 0.162. The maximum Gasteiger partial charge on any atom is 0.250 e. The number of nitrogens with one attached hydrogen (secondary N) is 1. The van der Waals surface area contributed by atoms with Crippen LogP contribution in [0.15, 0.2) is 41.9 Å². The fourth-order valence-electron chi connectivity index (χ4n) is 5.28. The monoisotopic (exact) mass is 472 g/mol. The predicted octanol–water partition coefficient (Wildman–Crippen LogP) is 3.05. The summed E-state index contributed by atoms with van der Waals surface area (Å²) < 4.78 is 0. The molecule has 0 spiro atoms. The number of para-hydroxylation sites is 1. The molecule has 1 aromatic carbocycles. The Kier molecular flexibility index (Phi) is 5.15. The first-order valence-corrected chi connectivity index (χ1v) is 12.3. The number of hydrogen-bond acceptors (Lipinski definition) is 7. The van der Waals surface area contributed by atoms with E-state index in [1.165, 1.54) is 24.2 Å². The number of aldehydes is 1. The van der Waals surface area contributed by atoms with E-state index in [2.05, 4.69) is 14.8 Å². The number of primary amides is 1. The largest absolute Gasteiger partial charge is 0.366 e. The second-order valence-electron chi connectivity index (χ2n) is 8.80. The molecule has 1 atom stereocenters. The molecule has 2 saturated heterocycles. The van der Waals surface area contributed by atoms with E-state index in [0.717, 1.165) is 41.9 Å². The first-order chi connectivity index (χ1) is 16.6. The number of H-pyrrole nitrogens is 1. The molecule has 0 saturated carbocycles. The van der Waals surface area contributed by atoms with E-state index in [-0.39, 0.29) is 11.1 Å². The number of piperazine rings is 1. The van der Waals surface area contributed by atoms with Crippen LogP contribution in [0.2, 0.25) is 0 Å². The number of allylic oxidation sites excluding steroid dienone is 1. The molecule has 0 unspecified atom stereocenters. The number of benzene rings is 1. The van der Waals surface area contributed by atoms with Crippen LogP contribution < -0.4 is 10.6 Å². The van der Waals surface area contributed by atoms with Gasteiger partial charge in [-0.2, -0.15) is 0 Å². The predicted molar refractivity (Wildman–Crippen MR) is 135 cm³/mol. The van der Waals surface area contributed by atoms with Crippen LogP contribution in [-0.2, 0) is 9.59 Å². The van der Waals surface area contributed by atoms with Gasteiger partial charge in [0.1, 0.15) is 4.83 Å². The molecule has 8 nitrogen and oxygen atoms in total. The number of rotatable bonds is 5. The van der Waals surface area contributed by atoms with Crippen LogP contribution in [0.4, 0.5) is 5.95 Å². The molecule has 5 heterocycles. The number of fused-ring (bicyclic) bond motifs is 3. The summed E-state index contributed by atoms with van der Waals surface area (Å²) in [6.07, 6.45) is 4.82. The molecule has 0 aliphatic carbocycles. The zero-order valence-electron chi connectivity index (χ0n) is 18.5. The van der Waals surface area contributed by atoms with E-state index in [9.17, 15) is 9.59 Å². The second kappa shape index (κ2) is 8.34. The van der Waals surface area contributed by atoms with Crippen molar-refractivity contribution in [1.29, 1.82) is 0 Å². The van der Waals surface area contributed by atoms with Crippen molar-refractivity contribution in [1.82, 2.24) is 19.9 Å². The van der Waals surface area contributed by atoms with Crippen LogP contribution in [0, 0.1) is 0 Å². The first-order valence-electron chi connectivity index (χ1n) is 11.4. The zero-order valence-corrected chi connectivity index (χ0v) is 19.3. The highest BCUT2D eigenvalue weighted by Gasteiger charge is 2.32. The fourth-order valence-corrected chi connectivity index (χ4v) is 6.06. The van der Waals surface area contributed by atoms with Crippen molar-refractivity contribution >= 4 is 61.7 Å². The van der Waals surface area contributed by atoms with E-state index in [1.54, 1.807) is 6.20 Å². The lowest BCUT2D eigenvalue weighted by Crippen LogP contribution is -2.50. The molecular formula is C25H24N6O2S. The number of carbonyl (C=O) groups excluding carboxylic acids is 2. The van der Waals surface area contributed by atoms with E-state index < -0.39 is 5.91 Å². The van der Waals surface area contributed by atoms with Gasteiger partial charge in [0.15, 0.2) is 6.29 Å². The number of nitrogens with two attached hydrogens (primary N) is 1. The Labute approximate surface area is 200 Å². The summed E-state index contributed by atoms with van der Waals surface area (Å²) in [7, 11) is 0. The van der Waals surface area contributed by atoms with Gasteiger partial charge in [-0.3, -0.25) is 14.5 Å². The number of aromatic amines is 1. The lowest BCUT2D eigenvalue weighted by Gasteiger charge is -2.37. The lowest BCUT2D eigenvalue weighted by atomic mass is 9.96. The number of thiophene rings is 1. The maximum atomic E-state index is 12.7. The Hall–Kier alpha value is -3.56. The number of anilines is 1. The third-order valence-corrected chi connectivity index (χ3v) is 7.77. The van der Waals surface area contributed by atoms with E-state index in [1.807, 2.05) is 35.7 Å². The minimum Gasteiger partial charge on any atom is -0.366 e. The van der Waals surface area contributed by atoms with Crippen LogP contribution in [-0.4, -0.2) is 64.3 Å². The molecule has 4 aromatic rings. The summed E-state index contributed by atoms with van der Waals surface area (Å²) in [5.41, 5.74) is 7.97. The standard InChI is InChI=1S/C25H24N6O2S/c26-23(33)21(18-12-27-24-16(18)7-11-34-24)19(14-32)22-17-5-1-2-6-20(17)28-25(29-22)31-10-9-30-8-3-4-15(30)13-31/h1-2,5-7,11-12,14-15,27H,3-4,8-10,13H2,(H2,26,33)/b21-19+/t15-/m1/s1. The third-order valence-electron chi connectivity index (χ3n) is 6.92. The smallest absolute Gasteiger partial charge is 0.250 e. The highest BCUT2D eigenvalue weighted by atomic mass is 32.1. The summed E-state index contributed by atoms with van der Waals surface area (Å²) in [5.74, 6) is -0.0869. The molecule has 3 N–H and O–H groups in total. The number of amides is 1. The van der Waals surface area contributed by atoms with E-state index >= 15 is 0 Å². The van der Waals surface area contributed by atoms with Gasteiger partial charge < -0.3 is 15.6 Å². The molecule has 9 heteroatoms. The van der Waals surface area contributed by atoms with E-state index in [0.29, 0.717) is 34.9 Å². The van der Waals surface area contributed by atoms with Crippen LogP contribution in [0.25, 0.3) is 32.3 Å². The zero-order chi connectivity index (χ0) is 23.2. The van der Waals surface area contributed by atoms with Gasteiger partial charge in [0.25, 0.3) is 0 Å². The Morgan fingerprint density at radius 1 is 1.15 bits per heavy atom. The average Bonchev–Trinajstić information content (AvgIpc) is 3.59. The molecule has 3 aromatic heterocycles. The van der Waals surface area contributed by atoms with Gasteiger partial charge in [0.2, 0.25) is 11.9 Å². The Morgan fingerprint density at radius 3 is 2.88 bits per heavy atom. The highest BCUT2D eigenvalue weighted by Crippen LogP contribution is 2.35. The number of hydrogen-bond donors (Lipinski definition) is 2. The maximum absolute atomic E-state index is 12.7. The highest BCUT2D eigenvalue weighted by molar-refractivity contribution is 7.16. The summed E-state index contributed by atoms with van der Waals surface area (Å²) in [5, 5.41) is 3.50. The molecular weight excluding hydrogens is 448 g/mol. The van der Waals surface area contributed by atoms with E-state index in [4.69, 9.17) is 15.7 Å². The Bertz CT molecular complexity index is 1450. The quantitative estimate of drug-likeness (QED) is 0.341. The van der Waals surface area contributed by atoms with Crippen LogP contribution in [0.1, 0.15) is 24.1 Å². The minimum atomic E-state index is -0.669. The molecule has 2 fully saturated rings. The van der Waals surface area contributed by atoms with Gasteiger partial charge >= 0.3 is 0 Å². The molecule has 172 valence electrons. The topological polar surface area (TPSA) is 108 Å². The van der Waals surface area contributed by atoms with Gasteiger partial charge in [-0.05, 0) is 36.9 Å². The first kappa shape index (κ1) is 21.0. The van der Waals surface area contributed by atoms with Crippen molar-refractivity contribution in [2.75, 3.05) is 31.1 Å². The van der Waals surface area contributed by atoms with Gasteiger partial charge in [0.05, 0.1) is 22.4 Å². The number of nitrogens with zero attached hydrogens (tertiary/aromatic N) is 4. The van der Waals surface area contributed by atoms with Gasteiger partial charge in [-0.1, -0.05) is 18.2 Å². The van der Waals surface area contributed by atoms with Crippen molar-refractivity contribution in [3.05, 3.63) is 53.2 Å². The van der Waals surface area contributed by atoms with Crippen LogP contribution in [0.5, 0.6) is 0 Å². The van der Waals surface area contributed by atoms with Crippen LogP contribution in [0.3, 0.4) is 0 Å². The van der Waals surface area contributed by atoms with Crippen LogP contribution >= 0.6 is 11.3 Å². The molecule has 0 bridgehead atoms. The fraction of sp³-hybridized carbons (Fsp3) is 0.280. The van der Waals surface area contributed by atoms with Crippen molar-refractivity contribution in [2.45, 2.75) is 18.9 Å². The van der Waals surface area contributed by atoms with Gasteiger partial charge in [-0.15, -0.1) is 11.3 Å². The van der Waals surface area contributed by atoms with Crippen molar-refractivity contribution in [3.8, 4) is 0 Å². The third kappa shape index (κ3) is 3.39. The summed E-state index contributed by atoms with van der Waals surface area (Å²) in [6.45, 7) is 3.80. The molecule has 6 rings (SSSR count). The Balaban J connectivity index is 1.55. The summed E-state index contributed by atoms with van der Waals surface area (Å²) in [4.78, 5) is 43.8. The number of carbonyl (C=O) groups is 2. The Morgan fingerprint density at radius 2 is 2.03 bits per heavy atom. The molecule has 0 radical (unpaired) electrons.